The predicted octanol–water partition coefficient (Wildman–Crippen LogP) is 4.45. The van der Waals surface area contributed by atoms with Gasteiger partial charge in [-0.1, -0.05) is 6.07 Å². The van der Waals surface area contributed by atoms with E-state index in [1.165, 1.54) is 6.07 Å². The van der Waals surface area contributed by atoms with Gasteiger partial charge in [-0.2, -0.15) is 13.2 Å². The Hall–Kier alpha value is -1.36. The van der Waals surface area contributed by atoms with Crippen molar-refractivity contribution in [3.8, 4) is 0 Å². The minimum atomic E-state index is -4.39. The van der Waals surface area contributed by atoms with Gasteiger partial charge >= 0.3 is 6.18 Å². The summed E-state index contributed by atoms with van der Waals surface area (Å²) in [5.74, 6) is 0. The predicted molar refractivity (Wildman–Crippen MR) is 75.3 cm³/mol. The Balaban J connectivity index is 2.48. The Kier molecular flexibility index (Phi) is 4.15. The monoisotopic (exact) mass is 299 g/mol. The second-order valence-electron chi connectivity index (χ2n) is 6.48. The van der Waals surface area contributed by atoms with Crippen LogP contribution in [-0.4, -0.2) is 23.3 Å². The molecule has 0 spiro atoms. The Labute approximate surface area is 122 Å². The zero-order valence-electron chi connectivity index (χ0n) is 12.5. The first kappa shape index (κ1) is 16.0. The van der Waals surface area contributed by atoms with E-state index in [2.05, 4.69) is 4.90 Å². The second-order valence-corrected chi connectivity index (χ2v) is 6.48. The molecule has 0 N–H and O–H groups in total. The molecule has 1 saturated heterocycles. The maximum Gasteiger partial charge on any atom is 0.416 e. The lowest BCUT2D eigenvalue weighted by Crippen LogP contribution is -2.40. The third kappa shape index (κ3) is 3.28. The van der Waals surface area contributed by atoms with Crippen molar-refractivity contribution in [3.63, 3.8) is 0 Å². The first-order valence-electron chi connectivity index (χ1n) is 7.07. The highest BCUT2D eigenvalue weighted by molar-refractivity contribution is 5.78. The van der Waals surface area contributed by atoms with E-state index in [0.717, 1.165) is 31.5 Å². The van der Waals surface area contributed by atoms with Crippen LogP contribution >= 0.6 is 0 Å². The SMILES string of the molecule is CC(C)(C)N1CCCC1c1cc(C(F)(F)F)ccc1C=O. The summed E-state index contributed by atoms with van der Waals surface area (Å²) in [4.78, 5) is 13.4. The number of hydrogen-bond acceptors (Lipinski definition) is 2. The van der Waals surface area contributed by atoms with Crippen LogP contribution in [0, 0.1) is 0 Å². The average Bonchev–Trinajstić information content (AvgIpc) is 2.85. The zero-order chi connectivity index (χ0) is 15.8. The molecule has 1 aliphatic rings. The van der Waals surface area contributed by atoms with E-state index in [9.17, 15) is 18.0 Å². The van der Waals surface area contributed by atoms with Crippen molar-refractivity contribution in [1.82, 2.24) is 4.90 Å². The zero-order valence-corrected chi connectivity index (χ0v) is 12.5. The molecular formula is C16H20F3NO. The fourth-order valence-electron chi connectivity index (χ4n) is 3.04. The van der Waals surface area contributed by atoms with E-state index in [0.29, 0.717) is 17.4 Å². The Bertz CT molecular complexity index is 531. The molecule has 1 atom stereocenters. The molecule has 1 unspecified atom stereocenters. The fraction of sp³-hybridized carbons (Fsp3) is 0.562. The molecule has 2 nitrogen and oxygen atoms in total. The normalized spacial score (nSPS) is 20.8. The van der Waals surface area contributed by atoms with Crippen LogP contribution in [0.2, 0.25) is 0 Å². The van der Waals surface area contributed by atoms with Crippen LogP contribution in [0.4, 0.5) is 13.2 Å². The number of carbonyl (C=O) groups excluding carboxylic acids is 1. The molecule has 0 aromatic heterocycles. The van der Waals surface area contributed by atoms with Gasteiger partial charge in [0.25, 0.3) is 0 Å². The summed E-state index contributed by atoms with van der Waals surface area (Å²) >= 11 is 0. The van der Waals surface area contributed by atoms with Crippen molar-refractivity contribution in [2.75, 3.05) is 6.54 Å². The van der Waals surface area contributed by atoms with Crippen LogP contribution in [0.5, 0.6) is 0 Å². The molecule has 0 amide bonds. The smallest absolute Gasteiger partial charge is 0.298 e. The summed E-state index contributed by atoms with van der Waals surface area (Å²) in [7, 11) is 0. The summed E-state index contributed by atoms with van der Waals surface area (Å²) in [6.07, 6.45) is -2.04. The lowest BCUT2D eigenvalue weighted by atomic mass is 9.94. The summed E-state index contributed by atoms with van der Waals surface area (Å²) < 4.78 is 38.8. The van der Waals surface area contributed by atoms with Crippen LogP contribution in [0.3, 0.4) is 0 Å². The lowest BCUT2D eigenvalue weighted by Gasteiger charge is -2.37. The van der Waals surface area contributed by atoms with Crippen molar-refractivity contribution in [1.29, 1.82) is 0 Å². The van der Waals surface area contributed by atoms with Gasteiger partial charge in [0.1, 0.15) is 6.29 Å². The first-order chi connectivity index (χ1) is 9.64. The number of alkyl halides is 3. The minimum absolute atomic E-state index is 0.132. The quantitative estimate of drug-likeness (QED) is 0.752. The number of hydrogen-bond donors (Lipinski definition) is 0. The first-order valence-corrected chi connectivity index (χ1v) is 7.07. The molecule has 1 fully saturated rings. The topological polar surface area (TPSA) is 20.3 Å². The van der Waals surface area contributed by atoms with Crippen molar-refractivity contribution in [2.24, 2.45) is 0 Å². The number of likely N-dealkylation sites (tertiary alicyclic amines) is 1. The fourth-order valence-corrected chi connectivity index (χ4v) is 3.04. The maximum absolute atomic E-state index is 12.9. The number of halogens is 3. The van der Waals surface area contributed by atoms with Crippen molar-refractivity contribution in [2.45, 2.75) is 51.4 Å². The van der Waals surface area contributed by atoms with Gasteiger partial charge in [0.2, 0.25) is 0 Å². The molecule has 1 heterocycles. The number of rotatable bonds is 2. The molecule has 1 aromatic carbocycles. The van der Waals surface area contributed by atoms with E-state index < -0.39 is 11.7 Å². The van der Waals surface area contributed by atoms with Crippen molar-refractivity contribution < 1.29 is 18.0 Å². The Morgan fingerprint density at radius 2 is 1.90 bits per heavy atom. The van der Waals surface area contributed by atoms with Crippen LogP contribution < -0.4 is 0 Å². The van der Waals surface area contributed by atoms with Gasteiger partial charge < -0.3 is 0 Å². The molecule has 2 rings (SSSR count). The van der Waals surface area contributed by atoms with E-state index >= 15 is 0 Å². The van der Waals surface area contributed by atoms with E-state index in [4.69, 9.17) is 0 Å². The lowest BCUT2D eigenvalue weighted by molar-refractivity contribution is -0.137. The third-order valence-corrected chi connectivity index (χ3v) is 4.01. The molecular weight excluding hydrogens is 279 g/mol. The molecule has 21 heavy (non-hydrogen) atoms. The number of nitrogens with zero attached hydrogens (tertiary/aromatic N) is 1. The van der Waals surface area contributed by atoms with Crippen LogP contribution in [0.1, 0.15) is 61.1 Å². The number of carbonyl (C=O) groups is 1. The molecule has 0 bridgehead atoms. The standard InChI is InChI=1S/C16H20F3NO/c1-15(2,3)20-8-4-5-14(20)13-9-12(16(17,18)19)7-6-11(13)10-21/h6-7,9-10,14H,4-5,8H2,1-3H3. The van der Waals surface area contributed by atoms with E-state index in [1.807, 2.05) is 20.8 Å². The average molecular weight is 299 g/mol. The molecule has 116 valence electrons. The van der Waals surface area contributed by atoms with Gasteiger partial charge in [-0.25, -0.2) is 0 Å². The van der Waals surface area contributed by atoms with Crippen molar-refractivity contribution >= 4 is 6.29 Å². The van der Waals surface area contributed by atoms with Gasteiger partial charge in [0.15, 0.2) is 0 Å². The highest BCUT2D eigenvalue weighted by atomic mass is 19.4. The van der Waals surface area contributed by atoms with E-state index in [-0.39, 0.29) is 11.6 Å². The van der Waals surface area contributed by atoms with Gasteiger partial charge in [-0.15, -0.1) is 0 Å². The third-order valence-electron chi connectivity index (χ3n) is 4.01. The second kappa shape index (κ2) is 5.44. The summed E-state index contributed by atoms with van der Waals surface area (Å²) in [6, 6.07) is 3.26. The summed E-state index contributed by atoms with van der Waals surface area (Å²) in [6.45, 7) is 6.96. The van der Waals surface area contributed by atoms with Gasteiger partial charge in [-0.3, -0.25) is 9.69 Å². The van der Waals surface area contributed by atoms with Crippen LogP contribution in [0.15, 0.2) is 18.2 Å². The minimum Gasteiger partial charge on any atom is -0.298 e. The van der Waals surface area contributed by atoms with Crippen molar-refractivity contribution in [3.05, 3.63) is 34.9 Å². The van der Waals surface area contributed by atoms with Gasteiger partial charge in [-0.05, 0) is 57.9 Å². The largest absolute Gasteiger partial charge is 0.416 e. The van der Waals surface area contributed by atoms with E-state index in [1.54, 1.807) is 0 Å². The highest BCUT2D eigenvalue weighted by Gasteiger charge is 2.37. The van der Waals surface area contributed by atoms with Crippen LogP contribution in [0.25, 0.3) is 0 Å². The number of benzene rings is 1. The number of aldehydes is 1. The highest BCUT2D eigenvalue weighted by Crippen LogP contribution is 2.40. The molecule has 1 aromatic rings. The molecule has 0 radical (unpaired) electrons. The maximum atomic E-state index is 12.9. The Morgan fingerprint density at radius 3 is 2.43 bits per heavy atom. The molecule has 0 aliphatic carbocycles. The summed E-state index contributed by atoms with van der Waals surface area (Å²) in [5, 5.41) is 0. The molecule has 5 heteroatoms. The van der Waals surface area contributed by atoms with Gasteiger partial charge in [0.05, 0.1) is 5.56 Å². The summed E-state index contributed by atoms with van der Waals surface area (Å²) in [5.41, 5.74) is 0.00972. The Morgan fingerprint density at radius 1 is 1.24 bits per heavy atom. The molecule has 0 saturated carbocycles. The molecule has 1 aliphatic heterocycles. The van der Waals surface area contributed by atoms with Crippen LogP contribution in [-0.2, 0) is 6.18 Å². The van der Waals surface area contributed by atoms with Gasteiger partial charge in [0, 0.05) is 17.1 Å².